The molecule has 0 saturated carbocycles. The maximum atomic E-state index is 12.2. The summed E-state index contributed by atoms with van der Waals surface area (Å²) >= 11 is 0. The zero-order valence-electron chi connectivity index (χ0n) is 13.2. The number of nitrogens with one attached hydrogen (secondary N) is 1. The molecule has 2 aliphatic rings. The zero-order valence-corrected chi connectivity index (χ0v) is 13.2. The summed E-state index contributed by atoms with van der Waals surface area (Å²) in [7, 11) is 2.15. The van der Waals surface area contributed by atoms with Gasteiger partial charge < -0.3 is 14.8 Å². The molecule has 2 aromatic rings. The Morgan fingerprint density at radius 2 is 2.09 bits per heavy atom. The van der Waals surface area contributed by atoms with Gasteiger partial charge in [-0.3, -0.25) is 9.78 Å². The molecule has 1 N–H and O–H groups in total. The summed E-state index contributed by atoms with van der Waals surface area (Å²) < 4.78 is 0. The molecule has 6 heteroatoms. The Kier molecular flexibility index (Phi) is 3.13. The van der Waals surface area contributed by atoms with Gasteiger partial charge in [0.05, 0.1) is 11.2 Å². The van der Waals surface area contributed by atoms with E-state index in [-0.39, 0.29) is 11.1 Å². The molecule has 118 valence electrons. The van der Waals surface area contributed by atoms with Crippen molar-refractivity contribution in [1.29, 1.82) is 5.26 Å². The van der Waals surface area contributed by atoms with Gasteiger partial charge in [0.25, 0.3) is 5.56 Å². The minimum absolute atomic E-state index is 0.179. The fourth-order valence-corrected chi connectivity index (χ4v) is 4.14. The molecule has 0 aromatic carbocycles. The summed E-state index contributed by atoms with van der Waals surface area (Å²) in [6.45, 7) is 4.05. The largest absolute Gasteiger partial charge is 0.368 e. The number of nitrogens with zero attached hydrogens (tertiary/aromatic N) is 4. The smallest absolute Gasteiger partial charge is 0.268 e. The Bertz CT molecular complexity index is 849. The van der Waals surface area contributed by atoms with Gasteiger partial charge in [-0.1, -0.05) is 0 Å². The van der Waals surface area contributed by atoms with Crippen LogP contribution in [0.4, 0.5) is 5.69 Å². The van der Waals surface area contributed by atoms with Crippen molar-refractivity contribution in [2.75, 3.05) is 38.1 Å². The third kappa shape index (κ3) is 2.20. The second-order valence-corrected chi connectivity index (χ2v) is 6.85. The number of likely N-dealkylation sites (tertiary alicyclic amines) is 1. The van der Waals surface area contributed by atoms with Crippen LogP contribution in [0, 0.1) is 16.7 Å². The van der Waals surface area contributed by atoms with Crippen molar-refractivity contribution in [2.24, 2.45) is 5.41 Å². The highest BCUT2D eigenvalue weighted by atomic mass is 16.1. The van der Waals surface area contributed by atoms with E-state index in [1.165, 1.54) is 0 Å². The second-order valence-electron chi connectivity index (χ2n) is 6.85. The third-order valence-corrected chi connectivity index (χ3v) is 5.21. The standard InChI is InChI=1S/C17H19N5O/c1-21-10-17(11-21)4-7-22(8-5-17)15-12(9-18)16(23)20-13-3-2-6-19-14(13)15/h2-3,6H,4-5,7-8,10-11H2,1H3,(H,20,23). The number of rotatable bonds is 1. The van der Waals surface area contributed by atoms with Gasteiger partial charge >= 0.3 is 0 Å². The predicted octanol–water partition coefficient (Wildman–Crippen LogP) is 1.33. The molecule has 0 aliphatic carbocycles. The summed E-state index contributed by atoms with van der Waals surface area (Å²) in [4.78, 5) is 23.9. The molecule has 4 heterocycles. The minimum atomic E-state index is -0.327. The van der Waals surface area contributed by atoms with Crippen LogP contribution in [0.1, 0.15) is 18.4 Å². The lowest BCUT2D eigenvalue weighted by Gasteiger charge is -2.53. The Morgan fingerprint density at radius 3 is 2.74 bits per heavy atom. The Balaban J connectivity index is 1.74. The highest BCUT2D eigenvalue weighted by Crippen LogP contribution is 2.41. The molecule has 6 nitrogen and oxygen atoms in total. The van der Waals surface area contributed by atoms with Gasteiger partial charge in [-0.05, 0) is 37.4 Å². The lowest BCUT2D eigenvalue weighted by atomic mass is 9.72. The normalized spacial score (nSPS) is 20.4. The fraction of sp³-hybridized carbons (Fsp3) is 0.471. The molecule has 2 aromatic heterocycles. The quantitative estimate of drug-likeness (QED) is 0.860. The van der Waals surface area contributed by atoms with Crippen molar-refractivity contribution in [3.63, 3.8) is 0 Å². The highest BCUT2D eigenvalue weighted by molar-refractivity contribution is 5.91. The number of pyridine rings is 2. The van der Waals surface area contributed by atoms with Gasteiger partial charge in [0.2, 0.25) is 0 Å². The first kappa shape index (κ1) is 14.2. The van der Waals surface area contributed by atoms with Crippen LogP contribution in [-0.4, -0.2) is 48.1 Å². The lowest BCUT2D eigenvalue weighted by molar-refractivity contribution is 0.00134. The van der Waals surface area contributed by atoms with Gasteiger partial charge in [-0.2, -0.15) is 5.26 Å². The average Bonchev–Trinajstić information content (AvgIpc) is 2.53. The van der Waals surface area contributed by atoms with Crippen LogP contribution >= 0.6 is 0 Å². The van der Waals surface area contributed by atoms with Gasteiger partial charge in [-0.25, -0.2) is 0 Å². The van der Waals surface area contributed by atoms with Crippen molar-refractivity contribution in [3.05, 3.63) is 34.2 Å². The fourth-order valence-electron chi connectivity index (χ4n) is 4.14. The number of H-pyrrole nitrogens is 1. The van der Waals surface area contributed by atoms with Gasteiger partial charge in [0.1, 0.15) is 17.1 Å². The summed E-state index contributed by atoms with van der Waals surface area (Å²) in [5.41, 5.74) is 2.39. The monoisotopic (exact) mass is 309 g/mol. The molecular formula is C17H19N5O. The maximum Gasteiger partial charge on any atom is 0.268 e. The maximum absolute atomic E-state index is 12.2. The summed E-state index contributed by atoms with van der Waals surface area (Å²) in [6.07, 6.45) is 3.91. The van der Waals surface area contributed by atoms with E-state index in [1.54, 1.807) is 12.3 Å². The molecule has 1 spiro atoms. The van der Waals surface area contributed by atoms with Crippen LogP contribution < -0.4 is 10.5 Å². The summed E-state index contributed by atoms with van der Waals surface area (Å²) in [5, 5.41) is 9.45. The van der Waals surface area contributed by atoms with E-state index in [0.717, 1.165) is 39.0 Å². The first-order valence-electron chi connectivity index (χ1n) is 7.96. The van der Waals surface area contributed by atoms with Crippen molar-refractivity contribution in [2.45, 2.75) is 12.8 Å². The van der Waals surface area contributed by atoms with Gasteiger partial charge in [-0.15, -0.1) is 0 Å². The van der Waals surface area contributed by atoms with Crippen molar-refractivity contribution < 1.29 is 0 Å². The number of fused-ring (bicyclic) bond motifs is 1. The minimum Gasteiger partial charge on any atom is -0.368 e. The van der Waals surface area contributed by atoms with Crippen LogP contribution in [0.25, 0.3) is 11.0 Å². The Hall–Kier alpha value is -2.39. The number of anilines is 1. The van der Waals surface area contributed by atoms with Crippen molar-refractivity contribution in [3.8, 4) is 6.07 Å². The number of hydrogen-bond donors (Lipinski definition) is 1. The van der Waals surface area contributed by atoms with E-state index in [4.69, 9.17) is 0 Å². The van der Waals surface area contributed by atoms with E-state index >= 15 is 0 Å². The first-order chi connectivity index (χ1) is 11.1. The average molecular weight is 309 g/mol. The molecule has 0 atom stereocenters. The number of piperidine rings is 1. The summed E-state index contributed by atoms with van der Waals surface area (Å²) in [5.74, 6) is 0. The van der Waals surface area contributed by atoms with Crippen LogP contribution in [0.5, 0.6) is 0 Å². The predicted molar refractivity (Wildman–Crippen MR) is 88.5 cm³/mol. The lowest BCUT2D eigenvalue weighted by Crippen LogP contribution is -2.58. The Morgan fingerprint density at radius 1 is 1.35 bits per heavy atom. The van der Waals surface area contributed by atoms with Crippen LogP contribution in [-0.2, 0) is 0 Å². The molecule has 23 heavy (non-hydrogen) atoms. The molecule has 0 bridgehead atoms. The number of hydrogen-bond acceptors (Lipinski definition) is 5. The van der Waals surface area contributed by atoms with Gasteiger partial charge in [0, 0.05) is 32.4 Å². The van der Waals surface area contributed by atoms with Crippen LogP contribution in [0.2, 0.25) is 0 Å². The van der Waals surface area contributed by atoms with E-state index in [2.05, 4.69) is 32.9 Å². The third-order valence-electron chi connectivity index (χ3n) is 5.21. The SMILES string of the molecule is CN1CC2(CCN(c3c(C#N)c(=O)[nH]c4cccnc34)CC2)C1. The molecule has 4 rings (SSSR count). The van der Waals surface area contributed by atoms with E-state index in [9.17, 15) is 10.1 Å². The van der Waals surface area contributed by atoms with E-state index in [1.807, 2.05) is 6.07 Å². The molecule has 0 amide bonds. The molecular weight excluding hydrogens is 290 g/mol. The molecule has 0 unspecified atom stereocenters. The molecule has 2 saturated heterocycles. The van der Waals surface area contributed by atoms with Gasteiger partial charge in [0.15, 0.2) is 0 Å². The van der Waals surface area contributed by atoms with E-state index < -0.39 is 0 Å². The number of aromatic nitrogens is 2. The molecule has 2 aliphatic heterocycles. The topological polar surface area (TPSA) is 76.0 Å². The molecule has 2 fully saturated rings. The van der Waals surface area contributed by atoms with Crippen molar-refractivity contribution in [1.82, 2.24) is 14.9 Å². The van der Waals surface area contributed by atoms with Crippen LogP contribution in [0.15, 0.2) is 23.1 Å². The molecule has 0 radical (unpaired) electrons. The zero-order chi connectivity index (χ0) is 16.0. The Labute approximate surface area is 134 Å². The number of nitriles is 1. The summed E-state index contributed by atoms with van der Waals surface area (Å²) in [6, 6.07) is 5.70. The first-order valence-corrected chi connectivity index (χ1v) is 7.96. The van der Waals surface area contributed by atoms with E-state index in [0.29, 0.717) is 22.1 Å². The van der Waals surface area contributed by atoms with Crippen LogP contribution in [0.3, 0.4) is 0 Å². The highest BCUT2D eigenvalue weighted by Gasteiger charge is 2.43. The van der Waals surface area contributed by atoms with Crippen molar-refractivity contribution >= 4 is 16.7 Å². The number of aromatic amines is 1. The second kappa shape index (κ2) is 5.07.